The van der Waals surface area contributed by atoms with Gasteiger partial charge < -0.3 is 15.2 Å². The highest BCUT2D eigenvalue weighted by Crippen LogP contribution is 2.23. The molecule has 0 atom stereocenters. The van der Waals surface area contributed by atoms with Gasteiger partial charge in [-0.1, -0.05) is 0 Å². The Morgan fingerprint density at radius 2 is 2.26 bits per heavy atom. The molecule has 0 unspecified atom stereocenters. The van der Waals surface area contributed by atoms with Crippen LogP contribution in [0.25, 0.3) is 0 Å². The number of carbonyl (C=O) groups excluding carboxylic acids is 1. The monoisotopic (exact) mass is 261 g/mol. The van der Waals surface area contributed by atoms with Crippen LogP contribution in [-0.4, -0.2) is 28.0 Å². The number of aromatic hydroxyl groups is 1. The van der Waals surface area contributed by atoms with Crippen molar-refractivity contribution < 1.29 is 14.6 Å². The quantitative estimate of drug-likeness (QED) is 0.816. The van der Waals surface area contributed by atoms with Gasteiger partial charge >= 0.3 is 5.97 Å². The van der Waals surface area contributed by atoms with Crippen LogP contribution in [-0.2, 0) is 18.3 Å². The highest BCUT2D eigenvalue weighted by molar-refractivity contribution is 5.92. The molecule has 6 heteroatoms. The van der Waals surface area contributed by atoms with Crippen molar-refractivity contribution in [3.8, 4) is 5.75 Å². The average Bonchev–Trinajstić information content (AvgIpc) is 2.81. The number of phenolic OH excluding ortho intramolecular Hbond substituents is 1. The lowest BCUT2D eigenvalue weighted by Gasteiger charge is -2.09. The van der Waals surface area contributed by atoms with E-state index in [1.54, 1.807) is 16.9 Å². The molecular formula is C13H15N3O3. The zero-order valence-corrected chi connectivity index (χ0v) is 10.8. The number of hydrogen-bond acceptors (Lipinski definition) is 5. The van der Waals surface area contributed by atoms with E-state index >= 15 is 0 Å². The fourth-order valence-electron chi connectivity index (χ4n) is 1.69. The molecule has 0 fully saturated rings. The first kappa shape index (κ1) is 12.9. The second-order valence-electron chi connectivity index (χ2n) is 4.02. The lowest BCUT2D eigenvalue weighted by molar-refractivity contribution is 0.0597. The van der Waals surface area contributed by atoms with Crippen LogP contribution in [0.2, 0.25) is 0 Å². The largest absolute Gasteiger partial charge is 0.507 e. The van der Waals surface area contributed by atoms with Gasteiger partial charge in [-0.05, 0) is 18.2 Å². The molecule has 0 amide bonds. The van der Waals surface area contributed by atoms with Gasteiger partial charge in [-0.25, -0.2) is 4.79 Å². The number of phenols is 1. The number of carbonyl (C=O) groups is 1. The van der Waals surface area contributed by atoms with Gasteiger partial charge in [-0.2, -0.15) is 5.10 Å². The van der Waals surface area contributed by atoms with Crippen LogP contribution in [0.3, 0.4) is 0 Å². The summed E-state index contributed by atoms with van der Waals surface area (Å²) in [6.45, 7) is 0.577. The highest BCUT2D eigenvalue weighted by Gasteiger charge is 2.11. The van der Waals surface area contributed by atoms with Crippen molar-refractivity contribution in [2.24, 2.45) is 7.05 Å². The zero-order chi connectivity index (χ0) is 13.8. The van der Waals surface area contributed by atoms with E-state index < -0.39 is 5.97 Å². The molecule has 2 N–H and O–H groups in total. The third kappa shape index (κ3) is 2.85. The Morgan fingerprint density at radius 3 is 2.84 bits per heavy atom. The van der Waals surface area contributed by atoms with E-state index in [9.17, 15) is 9.90 Å². The molecule has 0 aliphatic heterocycles. The summed E-state index contributed by atoms with van der Waals surface area (Å²) in [5, 5.41) is 16.9. The SMILES string of the molecule is COC(=O)c1ccc(NCc2ccnn2C)cc1O. The van der Waals surface area contributed by atoms with Crippen molar-refractivity contribution in [3.63, 3.8) is 0 Å². The van der Waals surface area contributed by atoms with Crippen LogP contribution >= 0.6 is 0 Å². The molecule has 19 heavy (non-hydrogen) atoms. The maximum Gasteiger partial charge on any atom is 0.341 e. The van der Waals surface area contributed by atoms with E-state index in [2.05, 4.69) is 15.2 Å². The second kappa shape index (κ2) is 5.43. The van der Waals surface area contributed by atoms with Gasteiger partial charge in [0.2, 0.25) is 0 Å². The average molecular weight is 261 g/mol. The fourth-order valence-corrected chi connectivity index (χ4v) is 1.69. The topological polar surface area (TPSA) is 76.4 Å². The lowest BCUT2D eigenvalue weighted by atomic mass is 10.2. The number of aromatic nitrogens is 2. The maximum absolute atomic E-state index is 11.3. The van der Waals surface area contributed by atoms with Crippen LogP contribution < -0.4 is 5.32 Å². The molecule has 0 radical (unpaired) electrons. The maximum atomic E-state index is 11.3. The Hall–Kier alpha value is -2.50. The van der Waals surface area contributed by atoms with Crippen molar-refractivity contribution in [2.45, 2.75) is 6.54 Å². The minimum Gasteiger partial charge on any atom is -0.507 e. The number of benzene rings is 1. The highest BCUT2D eigenvalue weighted by atomic mass is 16.5. The van der Waals surface area contributed by atoms with Crippen molar-refractivity contribution in [2.75, 3.05) is 12.4 Å². The lowest BCUT2D eigenvalue weighted by Crippen LogP contribution is -2.06. The number of anilines is 1. The first-order valence-electron chi connectivity index (χ1n) is 5.74. The third-order valence-corrected chi connectivity index (χ3v) is 2.80. The summed E-state index contributed by atoms with van der Waals surface area (Å²) in [5.74, 6) is -0.669. The van der Waals surface area contributed by atoms with E-state index in [0.29, 0.717) is 12.2 Å². The number of aryl methyl sites for hydroxylation is 1. The van der Waals surface area contributed by atoms with Crippen LogP contribution in [0, 0.1) is 0 Å². The van der Waals surface area contributed by atoms with Gasteiger partial charge in [0, 0.05) is 25.0 Å². The molecule has 1 aromatic heterocycles. The fraction of sp³-hybridized carbons (Fsp3) is 0.231. The summed E-state index contributed by atoms with van der Waals surface area (Å²) in [6, 6.07) is 6.62. The van der Waals surface area contributed by atoms with Gasteiger partial charge in [-0.3, -0.25) is 4.68 Å². The Morgan fingerprint density at radius 1 is 1.47 bits per heavy atom. The molecule has 0 aliphatic carbocycles. The number of hydrogen-bond donors (Lipinski definition) is 2. The third-order valence-electron chi connectivity index (χ3n) is 2.80. The molecule has 0 aliphatic rings. The van der Waals surface area contributed by atoms with Gasteiger partial charge in [0.25, 0.3) is 0 Å². The van der Waals surface area contributed by atoms with Crippen molar-refractivity contribution in [3.05, 3.63) is 41.7 Å². The molecule has 0 spiro atoms. The first-order chi connectivity index (χ1) is 9.11. The van der Waals surface area contributed by atoms with Crippen LogP contribution in [0.1, 0.15) is 16.1 Å². The van der Waals surface area contributed by atoms with Crippen LogP contribution in [0.15, 0.2) is 30.5 Å². The van der Waals surface area contributed by atoms with Crippen molar-refractivity contribution in [1.29, 1.82) is 0 Å². The summed E-state index contributed by atoms with van der Waals surface area (Å²) < 4.78 is 6.32. The molecular weight excluding hydrogens is 246 g/mol. The molecule has 100 valence electrons. The molecule has 0 bridgehead atoms. The van der Waals surface area contributed by atoms with E-state index in [1.165, 1.54) is 19.2 Å². The van der Waals surface area contributed by atoms with E-state index in [1.807, 2.05) is 13.1 Å². The molecule has 1 aromatic carbocycles. The summed E-state index contributed by atoms with van der Waals surface area (Å²) >= 11 is 0. The van der Waals surface area contributed by atoms with Gasteiger partial charge in [0.1, 0.15) is 11.3 Å². The standard InChI is InChI=1S/C13H15N3O3/c1-16-10(5-6-15-16)8-14-9-3-4-11(12(17)7-9)13(18)19-2/h3-7,14,17H,8H2,1-2H3. The molecule has 0 saturated heterocycles. The summed E-state index contributed by atoms with van der Waals surface area (Å²) in [6.07, 6.45) is 1.72. The number of esters is 1. The van der Waals surface area contributed by atoms with E-state index in [0.717, 1.165) is 5.69 Å². The number of nitrogens with one attached hydrogen (secondary N) is 1. The number of nitrogens with zero attached hydrogens (tertiary/aromatic N) is 2. The summed E-state index contributed by atoms with van der Waals surface area (Å²) in [7, 11) is 3.13. The van der Waals surface area contributed by atoms with Crippen LogP contribution in [0.4, 0.5) is 5.69 Å². The Labute approximate surface area is 110 Å². The predicted molar refractivity (Wildman–Crippen MR) is 70.0 cm³/mol. The minimum atomic E-state index is -0.560. The smallest absolute Gasteiger partial charge is 0.341 e. The van der Waals surface area contributed by atoms with Crippen molar-refractivity contribution >= 4 is 11.7 Å². The molecule has 6 nitrogen and oxygen atoms in total. The minimum absolute atomic E-state index is 0.109. The Kier molecular flexibility index (Phi) is 3.70. The predicted octanol–water partition coefficient (Wildman–Crippen LogP) is 1.52. The van der Waals surface area contributed by atoms with Crippen LogP contribution in [0.5, 0.6) is 5.75 Å². The second-order valence-corrected chi connectivity index (χ2v) is 4.02. The molecule has 2 aromatic rings. The first-order valence-corrected chi connectivity index (χ1v) is 5.74. The Bertz CT molecular complexity index is 593. The van der Waals surface area contributed by atoms with Crippen molar-refractivity contribution in [1.82, 2.24) is 9.78 Å². The molecule has 0 saturated carbocycles. The summed E-state index contributed by atoms with van der Waals surface area (Å²) in [4.78, 5) is 11.3. The molecule has 1 heterocycles. The number of methoxy groups -OCH3 is 1. The normalized spacial score (nSPS) is 10.2. The molecule has 2 rings (SSSR count). The summed E-state index contributed by atoms with van der Waals surface area (Å²) in [5.41, 5.74) is 1.87. The van der Waals surface area contributed by atoms with Gasteiger partial charge in [-0.15, -0.1) is 0 Å². The van der Waals surface area contributed by atoms with Gasteiger partial charge in [0.05, 0.1) is 19.3 Å². The Balaban J connectivity index is 2.08. The number of ether oxygens (including phenoxy) is 1. The number of rotatable bonds is 4. The zero-order valence-electron chi connectivity index (χ0n) is 10.8. The van der Waals surface area contributed by atoms with Gasteiger partial charge in [0.15, 0.2) is 0 Å². The van der Waals surface area contributed by atoms with E-state index in [4.69, 9.17) is 0 Å². The van der Waals surface area contributed by atoms with E-state index in [-0.39, 0.29) is 11.3 Å².